The van der Waals surface area contributed by atoms with Crippen molar-refractivity contribution in [2.45, 2.75) is 13.8 Å². The lowest BCUT2D eigenvalue weighted by atomic mass is 10.2. The Morgan fingerprint density at radius 1 is 1.20 bits per heavy atom. The fraction of sp³-hybridized carbons (Fsp3) is 0.125. The van der Waals surface area contributed by atoms with Crippen LogP contribution in [0.1, 0.15) is 20.4 Å². The summed E-state index contributed by atoms with van der Waals surface area (Å²) < 4.78 is 6.49. The first-order valence-corrected chi connectivity index (χ1v) is 9.30. The number of carbonyl (C=O) groups is 1. The van der Waals surface area contributed by atoms with Crippen LogP contribution in [0, 0.1) is 13.8 Å². The molecule has 0 fully saturated rings. The van der Waals surface area contributed by atoms with E-state index in [1.165, 1.54) is 22.7 Å². The Balaban J connectivity index is 1.61. The number of thiophene rings is 1. The summed E-state index contributed by atoms with van der Waals surface area (Å²) in [5, 5.41) is 12.7. The molecule has 0 aliphatic heterocycles. The summed E-state index contributed by atoms with van der Waals surface area (Å²) in [6.45, 7) is 3.78. The van der Waals surface area contributed by atoms with Crippen LogP contribution in [0.5, 0.6) is 0 Å². The summed E-state index contributed by atoms with van der Waals surface area (Å²) in [6, 6.07) is 7.61. The number of benzene rings is 1. The summed E-state index contributed by atoms with van der Waals surface area (Å²) in [4.78, 5) is 18.0. The first-order valence-electron chi connectivity index (χ1n) is 7.29. The SMILES string of the molecule is Cc1nc(C)c(-c2nnc(NC(=O)c3sc4ccccc4c3Cl)o2)s1. The molecule has 0 radical (unpaired) electrons. The van der Waals surface area contributed by atoms with Crippen LogP contribution in [0.3, 0.4) is 0 Å². The summed E-state index contributed by atoms with van der Waals surface area (Å²) in [7, 11) is 0. The second-order valence-electron chi connectivity index (χ2n) is 5.26. The fourth-order valence-corrected chi connectivity index (χ4v) is 4.66. The number of halogens is 1. The van der Waals surface area contributed by atoms with Gasteiger partial charge in [0.1, 0.15) is 9.75 Å². The third-order valence-corrected chi connectivity index (χ3v) is 6.22. The highest BCUT2D eigenvalue weighted by Gasteiger charge is 2.20. The van der Waals surface area contributed by atoms with Gasteiger partial charge in [-0.15, -0.1) is 27.8 Å². The van der Waals surface area contributed by atoms with Gasteiger partial charge in [-0.2, -0.15) is 0 Å². The maximum atomic E-state index is 12.5. The molecule has 0 saturated heterocycles. The summed E-state index contributed by atoms with van der Waals surface area (Å²) in [6.07, 6.45) is 0. The summed E-state index contributed by atoms with van der Waals surface area (Å²) in [5.41, 5.74) is 0.816. The minimum absolute atomic E-state index is 0.0268. The Morgan fingerprint density at radius 3 is 2.72 bits per heavy atom. The lowest BCUT2D eigenvalue weighted by Crippen LogP contribution is -2.10. The third-order valence-electron chi connectivity index (χ3n) is 3.48. The van der Waals surface area contributed by atoms with E-state index in [0.717, 1.165) is 25.7 Å². The van der Waals surface area contributed by atoms with Crippen molar-refractivity contribution in [3.8, 4) is 10.8 Å². The predicted octanol–water partition coefficient (Wildman–Crippen LogP) is 4.93. The first-order chi connectivity index (χ1) is 12.0. The largest absolute Gasteiger partial charge is 0.402 e. The predicted molar refractivity (Wildman–Crippen MR) is 99.7 cm³/mol. The number of nitrogens with one attached hydrogen (secondary N) is 1. The van der Waals surface area contributed by atoms with Crippen molar-refractivity contribution < 1.29 is 9.21 Å². The van der Waals surface area contributed by atoms with E-state index >= 15 is 0 Å². The molecule has 0 aliphatic rings. The Morgan fingerprint density at radius 2 is 2.00 bits per heavy atom. The van der Waals surface area contributed by atoms with E-state index in [-0.39, 0.29) is 11.9 Å². The van der Waals surface area contributed by atoms with Crippen molar-refractivity contribution in [1.82, 2.24) is 15.2 Å². The zero-order valence-corrected chi connectivity index (χ0v) is 15.6. The molecule has 3 heterocycles. The Kier molecular flexibility index (Phi) is 4.03. The van der Waals surface area contributed by atoms with Gasteiger partial charge >= 0.3 is 6.01 Å². The molecular formula is C16H11ClN4O2S2. The number of carbonyl (C=O) groups excluding carboxylic acids is 1. The Labute approximate surface area is 155 Å². The summed E-state index contributed by atoms with van der Waals surface area (Å²) >= 11 is 9.10. The third kappa shape index (κ3) is 2.92. The quantitative estimate of drug-likeness (QED) is 0.536. The van der Waals surface area contributed by atoms with Gasteiger partial charge in [-0.05, 0) is 19.9 Å². The fourth-order valence-electron chi connectivity index (χ4n) is 2.41. The molecule has 6 nitrogen and oxygen atoms in total. The van der Waals surface area contributed by atoms with E-state index in [4.69, 9.17) is 16.0 Å². The maximum absolute atomic E-state index is 12.5. The highest BCUT2D eigenvalue weighted by atomic mass is 35.5. The van der Waals surface area contributed by atoms with E-state index in [2.05, 4.69) is 20.5 Å². The van der Waals surface area contributed by atoms with Crippen LogP contribution in [-0.2, 0) is 0 Å². The second kappa shape index (κ2) is 6.21. The van der Waals surface area contributed by atoms with Crippen LogP contribution in [0.25, 0.3) is 20.9 Å². The number of anilines is 1. The number of rotatable bonds is 3. The molecule has 0 atom stereocenters. The van der Waals surface area contributed by atoms with Crippen LogP contribution >= 0.6 is 34.3 Å². The number of hydrogen-bond acceptors (Lipinski definition) is 7. The van der Waals surface area contributed by atoms with Gasteiger partial charge in [0, 0.05) is 10.1 Å². The molecule has 0 aliphatic carbocycles. The van der Waals surface area contributed by atoms with Crippen molar-refractivity contribution in [2.75, 3.05) is 5.32 Å². The molecule has 126 valence electrons. The minimum atomic E-state index is -0.376. The first kappa shape index (κ1) is 16.2. The van der Waals surface area contributed by atoms with Gasteiger partial charge in [-0.1, -0.05) is 34.9 Å². The average Bonchev–Trinajstić information content (AvgIpc) is 3.26. The van der Waals surface area contributed by atoms with Crippen LogP contribution in [0.4, 0.5) is 6.01 Å². The van der Waals surface area contributed by atoms with Crippen molar-refractivity contribution in [2.24, 2.45) is 0 Å². The van der Waals surface area contributed by atoms with Crippen molar-refractivity contribution in [3.05, 3.63) is 44.9 Å². The molecule has 0 unspecified atom stereocenters. The van der Waals surface area contributed by atoms with E-state index in [1.807, 2.05) is 38.1 Å². The Bertz CT molecular complexity index is 1100. The normalized spacial score (nSPS) is 11.2. The van der Waals surface area contributed by atoms with Crippen LogP contribution in [-0.4, -0.2) is 21.1 Å². The minimum Gasteiger partial charge on any atom is -0.402 e. The number of nitrogens with zero attached hydrogens (tertiary/aromatic N) is 3. The van der Waals surface area contributed by atoms with Gasteiger partial charge < -0.3 is 4.42 Å². The zero-order chi connectivity index (χ0) is 17.6. The van der Waals surface area contributed by atoms with Crippen LogP contribution in [0.15, 0.2) is 28.7 Å². The molecule has 0 bridgehead atoms. The molecule has 1 N–H and O–H groups in total. The lowest BCUT2D eigenvalue weighted by Gasteiger charge is -1.97. The van der Waals surface area contributed by atoms with Gasteiger partial charge in [0.05, 0.1) is 15.7 Å². The van der Waals surface area contributed by atoms with Gasteiger partial charge in [-0.3, -0.25) is 10.1 Å². The van der Waals surface area contributed by atoms with Gasteiger partial charge in [-0.25, -0.2) is 4.98 Å². The molecule has 9 heteroatoms. The number of aryl methyl sites for hydroxylation is 2. The van der Waals surface area contributed by atoms with Crippen molar-refractivity contribution in [1.29, 1.82) is 0 Å². The van der Waals surface area contributed by atoms with Gasteiger partial charge in [0.15, 0.2) is 0 Å². The van der Waals surface area contributed by atoms with Crippen molar-refractivity contribution >= 4 is 56.3 Å². The number of thiazole rings is 1. The smallest absolute Gasteiger partial charge is 0.322 e. The molecule has 1 amide bonds. The highest BCUT2D eigenvalue weighted by molar-refractivity contribution is 7.21. The van der Waals surface area contributed by atoms with Crippen molar-refractivity contribution in [3.63, 3.8) is 0 Å². The van der Waals surface area contributed by atoms with Crippen LogP contribution < -0.4 is 5.32 Å². The number of amides is 1. The van der Waals surface area contributed by atoms with E-state index < -0.39 is 0 Å². The monoisotopic (exact) mass is 390 g/mol. The summed E-state index contributed by atoms with van der Waals surface area (Å²) in [5.74, 6) is -0.0422. The van der Waals surface area contributed by atoms with E-state index in [9.17, 15) is 4.79 Å². The second-order valence-corrected chi connectivity index (χ2v) is 7.89. The standard InChI is InChI=1S/C16H11ClN4O2S2/c1-7-12(24-8(2)18-7)15-20-21-16(23-15)19-14(22)13-11(17)9-5-3-4-6-10(9)25-13/h3-6H,1-2H3,(H,19,21,22). The topological polar surface area (TPSA) is 80.9 Å². The number of aromatic nitrogens is 3. The number of fused-ring (bicyclic) bond motifs is 1. The van der Waals surface area contributed by atoms with E-state index in [0.29, 0.717) is 15.8 Å². The lowest BCUT2D eigenvalue weighted by molar-refractivity contribution is 0.102. The average molecular weight is 391 g/mol. The molecule has 4 rings (SSSR count). The molecule has 0 spiro atoms. The molecule has 0 saturated carbocycles. The van der Waals surface area contributed by atoms with Gasteiger partial charge in [0.2, 0.25) is 0 Å². The zero-order valence-electron chi connectivity index (χ0n) is 13.2. The maximum Gasteiger partial charge on any atom is 0.322 e. The Hall–Kier alpha value is -2.29. The molecule has 25 heavy (non-hydrogen) atoms. The van der Waals surface area contributed by atoms with Gasteiger partial charge in [0.25, 0.3) is 11.8 Å². The molecular weight excluding hydrogens is 380 g/mol. The van der Waals surface area contributed by atoms with Crippen LogP contribution in [0.2, 0.25) is 5.02 Å². The molecule has 4 aromatic rings. The molecule has 3 aromatic heterocycles. The molecule has 1 aromatic carbocycles. The van der Waals surface area contributed by atoms with E-state index in [1.54, 1.807) is 0 Å². The number of hydrogen-bond donors (Lipinski definition) is 1. The highest BCUT2D eigenvalue weighted by Crippen LogP contribution is 2.35.